The third kappa shape index (κ3) is 4.36. The second-order valence-electron chi connectivity index (χ2n) is 4.24. The minimum absolute atomic E-state index is 0.0607. The molecular weight excluding hydrogens is 322 g/mol. The second-order valence-corrected chi connectivity index (χ2v) is 5.98. The Hall–Kier alpha value is -1.78. The molecule has 0 aromatic heterocycles. The number of nitrogens with two attached hydrogens (primary N) is 1. The molecule has 0 spiro atoms. The summed E-state index contributed by atoms with van der Waals surface area (Å²) in [6, 6.07) is 3.39. The highest BCUT2D eigenvalue weighted by Gasteiger charge is 2.30. The quantitative estimate of drug-likeness (QED) is 0.695. The van der Waals surface area contributed by atoms with Crippen molar-refractivity contribution in [2.75, 3.05) is 27.3 Å². The Balaban J connectivity index is 3.11. The van der Waals surface area contributed by atoms with Gasteiger partial charge in [-0.3, -0.25) is 0 Å². The molecular formula is C12H16F2N2O5S. The fourth-order valence-corrected chi connectivity index (χ4v) is 2.70. The summed E-state index contributed by atoms with van der Waals surface area (Å²) < 4.78 is 61.3. The van der Waals surface area contributed by atoms with Crippen LogP contribution in [-0.4, -0.2) is 47.6 Å². The SMILES string of the molecule is COC(=O)c1ccc(S(=O)(=O)NCC(F)(F)CN)c(OC)c1. The van der Waals surface area contributed by atoms with E-state index in [4.69, 9.17) is 10.5 Å². The van der Waals surface area contributed by atoms with Gasteiger partial charge in [0.25, 0.3) is 5.92 Å². The van der Waals surface area contributed by atoms with Gasteiger partial charge in [0, 0.05) is 0 Å². The van der Waals surface area contributed by atoms with E-state index in [1.165, 1.54) is 13.2 Å². The first-order chi connectivity index (χ1) is 10.2. The number of hydrogen-bond donors (Lipinski definition) is 2. The summed E-state index contributed by atoms with van der Waals surface area (Å²) in [6.07, 6.45) is 0. The predicted molar refractivity (Wildman–Crippen MR) is 73.5 cm³/mol. The fraction of sp³-hybridized carbons (Fsp3) is 0.417. The Morgan fingerprint density at radius 1 is 1.36 bits per heavy atom. The van der Waals surface area contributed by atoms with Gasteiger partial charge in [0.05, 0.1) is 32.9 Å². The summed E-state index contributed by atoms with van der Waals surface area (Å²) in [5.74, 6) is -4.23. The monoisotopic (exact) mass is 338 g/mol. The van der Waals surface area contributed by atoms with Gasteiger partial charge in [-0.05, 0) is 18.2 Å². The second kappa shape index (κ2) is 6.99. The van der Waals surface area contributed by atoms with Crippen molar-refractivity contribution in [3.05, 3.63) is 23.8 Å². The fourth-order valence-electron chi connectivity index (χ4n) is 1.48. The largest absolute Gasteiger partial charge is 0.495 e. The van der Waals surface area contributed by atoms with Gasteiger partial charge in [-0.2, -0.15) is 0 Å². The molecule has 0 saturated carbocycles. The molecule has 0 amide bonds. The molecule has 0 radical (unpaired) electrons. The van der Waals surface area contributed by atoms with Crippen LogP contribution in [0.25, 0.3) is 0 Å². The van der Waals surface area contributed by atoms with E-state index in [2.05, 4.69) is 4.74 Å². The number of rotatable bonds is 7. The van der Waals surface area contributed by atoms with Crippen molar-refractivity contribution in [2.24, 2.45) is 5.73 Å². The summed E-state index contributed by atoms with van der Waals surface area (Å²) in [6.45, 7) is -2.14. The lowest BCUT2D eigenvalue weighted by atomic mass is 10.2. The van der Waals surface area contributed by atoms with Crippen molar-refractivity contribution >= 4 is 16.0 Å². The first-order valence-corrected chi connectivity index (χ1v) is 7.49. The van der Waals surface area contributed by atoms with Crippen LogP contribution in [0.5, 0.6) is 5.75 Å². The minimum Gasteiger partial charge on any atom is -0.495 e. The maximum atomic E-state index is 13.1. The van der Waals surface area contributed by atoms with Crippen molar-refractivity contribution in [3.63, 3.8) is 0 Å². The minimum atomic E-state index is -4.26. The molecule has 0 aliphatic carbocycles. The highest BCUT2D eigenvalue weighted by molar-refractivity contribution is 7.89. The first kappa shape index (κ1) is 18.3. The Morgan fingerprint density at radius 3 is 2.50 bits per heavy atom. The zero-order chi connectivity index (χ0) is 17.0. The van der Waals surface area contributed by atoms with E-state index in [9.17, 15) is 22.0 Å². The molecule has 22 heavy (non-hydrogen) atoms. The van der Waals surface area contributed by atoms with Crippen molar-refractivity contribution in [2.45, 2.75) is 10.8 Å². The van der Waals surface area contributed by atoms with Gasteiger partial charge in [-0.1, -0.05) is 0 Å². The molecule has 0 bridgehead atoms. The molecule has 3 N–H and O–H groups in total. The number of nitrogens with one attached hydrogen (secondary N) is 1. The highest BCUT2D eigenvalue weighted by Crippen LogP contribution is 2.25. The molecule has 0 heterocycles. The lowest BCUT2D eigenvalue weighted by molar-refractivity contribution is 0.0170. The molecule has 1 aromatic carbocycles. The van der Waals surface area contributed by atoms with Crippen LogP contribution in [0.4, 0.5) is 8.78 Å². The summed E-state index contributed by atoms with van der Waals surface area (Å²) in [4.78, 5) is 11.0. The zero-order valence-corrected chi connectivity index (χ0v) is 12.7. The van der Waals surface area contributed by atoms with E-state index in [-0.39, 0.29) is 16.2 Å². The van der Waals surface area contributed by atoms with Gasteiger partial charge < -0.3 is 15.2 Å². The van der Waals surface area contributed by atoms with Gasteiger partial charge in [-0.15, -0.1) is 0 Å². The third-order valence-electron chi connectivity index (χ3n) is 2.69. The molecule has 0 saturated heterocycles. The number of alkyl halides is 2. The molecule has 0 aliphatic rings. The number of sulfonamides is 1. The molecule has 0 unspecified atom stereocenters. The highest BCUT2D eigenvalue weighted by atomic mass is 32.2. The molecule has 1 aromatic rings. The van der Waals surface area contributed by atoms with Crippen molar-refractivity contribution < 1.29 is 31.5 Å². The van der Waals surface area contributed by atoms with Crippen LogP contribution in [0.3, 0.4) is 0 Å². The van der Waals surface area contributed by atoms with Gasteiger partial charge in [0.1, 0.15) is 10.6 Å². The summed E-state index contributed by atoms with van der Waals surface area (Å²) in [5.41, 5.74) is 4.90. The van der Waals surface area contributed by atoms with E-state index in [1.54, 1.807) is 4.72 Å². The van der Waals surface area contributed by atoms with Crippen LogP contribution in [0, 0.1) is 0 Å². The zero-order valence-electron chi connectivity index (χ0n) is 11.9. The Labute approximate surface area is 126 Å². The summed E-state index contributed by atoms with van der Waals surface area (Å²) in [7, 11) is -1.91. The Morgan fingerprint density at radius 2 is 2.00 bits per heavy atom. The number of hydrogen-bond acceptors (Lipinski definition) is 6. The Bertz CT molecular complexity index is 649. The van der Waals surface area contributed by atoms with E-state index >= 15 is 0 Å². The number of carbonyl (C=O) groups is 1. The standard InChI is InChI=1S/C12H16F2N2O5S/c1-20-9-5-8(11(17)21-2)3-4-10(9)22(18,19)16-7-12(13,14)6-15/h3-5,16H,6-7,15H2,1-2H3. The number of methoxy groups -OCH3 is 2. The summed E-state index contributed by atoms with van der Waals surface area (Å²) >= 11 is 0. The molecule has 0 aliphatic heterocycles. The number of ether oxygens (including phenoxy) is 2. The average molecular weight is 338 g/mol. The van der Waals surface area contributed by atoms with Crippen molar-refractivity contribution in [3.8, 4) is 5.75 Å². The van der Waals surface area contributed by atoms with Crippen LogP contribution < -0.4 is 15.2 Å². The van der Waals surface area contributed by atoms with Gasteiger partial charge in [-0.25, -0.2) is 26.7 Å². The van der Waals surface area contributed by atoms with Crippen LogP contribution in [-0.2, 0) is 14.8 Å². The van der Waals surface area contributed by atoms with Crippen LogP contribution in [0.1, 0.15) is 10.4 Å². The van der Waals surface area contributed by atoms with Crippen LogP contribution in [0.2, 0.25) is 0 Å². The van der Waals surface area contributed by atoms with E-state index in [1.807, 2.05) is 0 Å². The van der Waals surface area contributed by atoms with Gasteiger partial charge >= 0.3 is 5.97 Å². The predicted octanol–water partition coefficient (Wildman–Crippen LogP) is 0.354. The van der Waals surface area contributed by atoms with E-state index in [0.29, 0.717) is 0 Å². The third-order valence-corrected chi connectivity index (χ3v) is 4.13. The van der Waals surface area contributed by atoms with E-state index < -0.39 is 35.0 Å². The maximum Gasteiger partial charge on any atom is 0.337 e. The smallest absolute Gasteiger partial charge is 0.337 e. The average Bonchev–Trinajstić information content (AvgIpc) is 2.51. The van der Waals surface area contributed by atoms with Crippen LogP contribution in [0.15, 0.2) is 23.1 Å². The van der Waals surface area contributed by atoms with E-state index in [0.717, 1.165) is 19.2 Å². The Kier molecular flexibility index (Phi) is 5.80. The number of esters is 1. The lowest BCUT2D eigenvalue weighted by Gasteiger charge is -2.16. The normalized spacial score (nSPS) is 12.0. The number of benzene rings is 1. The molecule has 0 fully saturated rings. The van der Waals surface area contributed by atoms with Crippen molar-refractivity contribution in [1.29, 1.82) is 0 Å². The first-order valence-electron chi connectivity index (χ1n) is 6.01. The van der Waals surface area contributed by atoms with Gasteiger partial charge in [0.2, 0.25) is 10.0 Å². The number of carbonyl (C=O) groups excluding carboxylic acids is 1. The van der Waals surface area contributed by atoms with Gasteiger partial charge in [0.15, 0.2) is 0 Å². The molecule has 1 rings (SSSR count). The molecule has 7 nitrogen and oxygen atoms in total. The topological polar surface area (TPSA) is 108 Å². The van der Waals surface area contributed by atoms with Crippen molar-refractivity contribution in [1.82, 2.24) is 4.72 Å². The van der Waals surface area contributed by atoms with Crippen LogP contribution >= 0.6 is 0 Å². The maximum absolute atomic E-state index is 13.1. The molecule has 124 valence electrons. The lowest BCUT2D eigenvalue weighted by Crippen LogP contribution is -2.41. The summed E-state index contributed by atoms with van der Waals surface area (Å²) in [5, 5.41) is 0. The molecule has 0 atom stereocenters. The molecule has 10 heteroatoms. The number of halogens is 2.